The number of nitro groups is 1. The first-order valence-electron chi connectivity index (χ1n) is 6.33. The van der Waals surface area contributed by atoms with Crippen LogP contribution < -0.4 is 5.32 Å². The van der Waals surface area contributed by atoms with E-state index < -0.39 is 4.92 Å². The van der Waals surface area contributed by atoms with Gasteiger partial charge in [0.25, 0.3) is 0 Å². The van der Waals surface area contributed by atoms with Crippen molar-refractivity contribution in [2.24, 2.45) is 0 Å². The topological polar surface area (TPSA) is 88.6 Å². The van der Waals surface area contributed by atoms with E-state index >= 15 is 0 Å². The molecule has 1 amide bonds. The van der Waals surface area contributed by atoms with Gasteiger partial charge in [-0.2, -0.15) is 0 Å². The molecule has 0 spiro atoms. The Labute approximate surface area is 110 Å². The number of amides is 1. The van der Waals surface area contributed by atoms with E-state index in [0.29, 0.717) is 12.3 Å². The van der Waals surface area contributed by atoms with E-state index in [9.17, 15) is 14.9 Å². The fraction of sp³-hybridized carbons (Fsp3) is 0.583. The molecule has 1 fully saturated rings. The molecule has 0 saturated carbocycles. The van der Waals surface area contributed by atoms with Gasteiger partial charge in [-0.25, -0.2) is 0 Å². The zero-order chi connectivity index (χ0) is 13.8. The van der Waals surface area contributed by atoms with Crippen LogP contribution in [0.3, 0.4) is 0 Å². The molecule has 1 aliphatic rings. The molecule has 1 unspecified atom stereocenters. The zero-order valence-corrected chi connectivity index (χ0v) is 10.8. The molecule has 7 nitrogen and oxygen atoms in total. The first-order chi connectivity index (χ1) is 9.08. The number of rotatable bonds is 5. The van der Waals surface area contributed by atoms with Gasteiger partial charge in [-0.05, 0) is 25.8 Å². The van der Waals surface area contributed by atoms with Crippen molar-refractivity contribution >= 4 is 11.8 Å². The molecule has 1 aliphatic heterocycles. The minimum Gasteiger partial charge on any atom is -0.404 e. The fourth-order valence-electron chi connectivity index (χ4n) is 2.11. The highest BCUT2D eigenvalue weighted by Gasteiger charge is 2.23. The van der Waals surface area contributed by atoms with Gasteiger partial charge in [0.2, 0.25) is 5.91 Å². The number of nitrogens with zero attached hydrogens (tertiary/aromatic N) is 2. The summed E-state index contributed by atoms with van der Waals surface area (Å²) in [5.41, 5.74) is 0. The third-order valence-electron chi connectivity index (χ3n) is 3.20. The Hall–Kier alpha value is -1.89. The van der Waals surface area contributed by atoms with E-state index in [-0.39, 0.29) is 17.8 Å². The number of carbonyl (C=O) groups is 1. The van der Waals surface area contributed by atoms with Crippen LogP contribution >= 0.6 is 0 Å². The van der Waals surface area contributed by atoms with Crippen molar-refractivity contribution in [3.05, 3.63) is 28.0 Å². The number of hydrogen-bond donors (Lipinski definition) is 1. The summed E-state index contributed by atoms with van der Waals surface area (Å²) in [6, 6.07) is 2.53. The molecule has 1 N–H and O–H groups in total. The van der Waals surface area contributed by atoms with E-state index in [1.54, 1.807) is 6.92 Å². The van der Waals surface area contributed by atoms with Crippen molar-refractivity contribution < 1.29 is 14.1 Å². The average molecular weight is 267 g/mol. The average Bonchev–Trinajstić information content (AvgIpc) is 3.05. The molecule has 0 radical (unpaired) electrons. The summed E-state index contributed by atoms with van der Waals surface area (Å²) >= 11 is 0. The number of likely N-dealkylation sites (tertiary alicyclic amines) is 1. The Morgan fingerprint density at radius 3 is 2.79 bits per heavy atom. The maximum Gasteiger partial charge on any atom is 0.433 e. The standard InChI is InChI=1S/C12H17N3O4/c1-9(12(16)14-6-2-3-7-14)13-8-10-4-5-11(19-10)15(17)18/h4-5,9,13H,2-3,6-8H2,1H3. The van der Waals surface area contributed by atoms with E-state index in [0.717, 1.165) is 25.9 Å². The minimum atomic E-state index is -0.581. The largest absolute Gasteiger partial charge is 0.433 e. The lowest BCUT2D eigenvalue weighted by Crippen LogP contribution is -2.43. The Morgan fingerprint density at radius 1 is 1.53 bits per heavy atom. The molecule has 0 aromatic carbocycles. The van der Waals surface area contributed by atoms with Crippen molar-refractivity contribution in [1.82, 2.24) is 10.2 Å². The molecule has 2 heterocycles. The van der Waals surface area contributed by atoms with Crippen LogP contribution in [0.4, 0.5) is 5.88 Å². The van der Waals surface area contributed by atoms with Gasteiger partial charge in [0, 0.05) is 13.1 Å². The van der Waals surface area contributed by atoms with Crippen LogP contribution in [-0.2, 0) is 11.3 Å². The lowest BCUT2D eigenvalue weighted by Gasteiger charge is -2.20. The van der Waals surface area contributed by atoms with Crippen LogP contribution in [0.2, 0.25) is 0 Å². The van der Waals surface area contributed by atoms with E-state index in [1.807, 2.05) is 4.90 Å². The second-order valence-corrected chi connectivity index (χ2v) is 4.63. The van der Waals surface area contributed by atoms with Gasteiger partial charge in [0.05, 0.1) is 18.7 Å². The van der Waals surface area contributed by atoms with Crippen molar-refractivity contribution in [3.8, 4) is 0 Å². The Bertz CT molecular complexity index is 465. The molecule has 1 aromatic rings. The Balaban J connectivity index is 1.83. The van der Waals surface area contributed by atoms with Gasteiger partial charge in [-0.15, -0.1) is 0 Å². The van der Waals surface area contributed by atoms with E-state index in [1.165, 1.54) is 12.1 Å². The molecule has 7 heteroatoms. The third-order valence-corrected chi connectivity index (χ3v) is 3.20. The smallest absolute Gasteiger partial charge is 0.404 e. The molecular weight excluding hydrogens is 250 g/mol. The van der Waals surface area contributed by atoms with Crippen LogP contribution in [0.1, 0.15) is 25.5 Å². The SMILES string of the molecule is CC(NCc1ccc([N+](=O)[O-])o1)C(=O)N1CCCC1. The quantitative estimate of drug-likeness (QED) is 0.641. The monoisotopic (exact) mass is 267 g/mol. The Kier molecular flexibility index (Phi) is 4.16. The maximum atomic E-state index is 12.0. The van der Waals surface area contributed by atoms with Crippen LogP contribution in [0.25, 0.3) is 0 Å². The zero-order valence-electron chi connectivity index (χ0n) is 10.8. The molecule has 1 saturated heterocycles. The van der Waals surface area contributed by atoms with Crippen LogP contribution in [0.15, 0.2) is 16.5 Å². The van der Waals surface area contributed by atoms with Crippen molar-refractivity contribution in [2.45, 2.75) is 32.4 Å². The first kappa shape index (κ1) is 13.5. The maximum absolute atomic E-state index is 12.0. The Morgan fingerprint density at radius 2 is 2.21 bits per heavy atom. The first-order valence-corrected chi connectivity index (χ1v) is 6.33. The fourth-order valence-corrected chi connectivity index (χ4v) is 2.11. The van der Waals surface area contributed by atoms with Gasteiger partial charge in [-0.3, -0.25) is 20.2 Å². The van der Waals surface area contributed by atoms with Gasteiger partial charge in [0.15, 0.2) is 0 Å². The molecule has 104 valence electrons. The summed E-state index contributed by atoms with van der Waals surface area (Å²) in [7, 11) is 0. The molecule has 0 bridgehead atoms. The molecule has 0 aliphatic carbocycles. The van der Waals surface area contributed by atoms with E-state index in [4.69, 9.17) is 4.42 Å². The van der Waals surface area contributed by atoms with E-state index in [2.05, 4.69) is 5.32 Å². The summed E-state index contributed by atoms with van der Waals surface area (Å²) in [6.45, 7) is 3.72. The lowest BCUT2D eigenvalue weighted by atomic mass is 10.3. The van der Waals surface area contributed by atoms with Crippen LogP contribution in [0.5, 0.6) is 0 Å². The summed E-state index contributed by atoms with van der Waals surface area (Å²) in [5.74, 6) is 0.238. The lowest BCUT2D eigenvalue weighted by molar-refractivity contribution is -0.402. The number of nitrogens with one attached hydrogen (secondary N) is 1. The predicted octanol–water partition coefficient (Wildman–Crippen LogP) is 1.29. The number of furan rings is 1. The summed E-state index contributed by atoms with van der Waals surface area (Å²) < 4.78 is 5.01. The van der Waals surface area contributed by atoms with Gasteiger partial charge < -0.3 is 9.32 Å². The molecule has 1 aromatic heterocycles. The molecule has 1 atom stereocenters. The van der Waals surface area contributed by atoms with Crippen molar-refractivity contribution in [2.75, 3.05) is 13.1 Å². The summed E-state index contributed by atoms with van der Waals surface area (Å²) in [5, 5.41) is 13.5. The van der Waals surface area contributed by atoms with Gasteiger partial charge in [0.1, 0.15) is 10.7 Å². The predicted molar refractivity (Wildman–Crippen MR) is 67.5 cm³/mol. The summed E-state index contributed by atoms with van der Waals surface area (Å²) in [6.07, 6.45) is 2.12. The van der Waals surface area contributed by atoms with Crippen LogP contribution in [0, 0.1) is 10.1 Å². The highest BCUT2D eigenvalue weighted by molar-refractivity contribution is 5.81. The molecule has 19 heavy (non-hydrogen) atoms. The highest BCUT2D eigenvalue weighted by atomic mass is 16.6. The minimum absolute atomic E-state index is 0.0681. The molecule has 2 rings (SSSR count). The van der Waals surface area contributed by atoms with Crippen molar-refractivity contribution in [3.63, 3.8) is 0 Å². The second-order valence-electron chi connectivity index (χ2n) is 4.63. The molecular formula is C12H17N3O4. The number of hydrogen-bond acceptors (Lipinski definition) is 5. The third kappa shape index (κ3) is 3.31. The van der Waals surface area contributed by atoms with Crippen molar-refractivity contribution in [1.29, 1.82) is 0 Å². The van der Waals surface area contributed by atoms with Gasteiger partial charge in [-0.1, -0.05) is 0 Å². The van der Waals surface area contributed by atoms with Gasteiger partial charge >= 0.3 is 5.88 Å². The highest BCUT2D eigenvalue weighted by Crippen LogP contribution is 2.15. The van der Waals surface area contributed by atoms with Crippen LogP contribution in [-0.4, -0.2) is 34.9 Å². The number of carbonyl (C=O) groups excluding carboxylic acids is 1. The normalized spacial score (nSPS) is 16.6. The summed E-state index contributed by atoms with van der Waals surface area (Å²) in [4.78, 5) is 23.7. The second kappa shape index (κ2) is 5.83.